The van der Waals surface area contributed by atoms with Crippen LogP contribution in [0.5, 0.6) is 0 Å². The number of hydrogen-bond donors (Lipinski definition) is 2. The second-order valence-electron chi connectivity index (χ2n) is 2.56. The minimum Gasteiger partial charge on any atom is -0.481 e. The first kappa shape index (κ1) is 8.58. The van der Waals surface area contributed by atoms with E-state index in [0.717, 1.165) is 5.69 Å². The lowest BCUT2D eigenvalue weighted by Crippen LogP contribution is -2.04. The first-order chi connectivity index (χ1) is 5.61. The summed E-state index contributed by atoms with van der Waals surface area (Å²) >= 11 is 0. The molecule has 1 aromatic heterocycles. The lowest BCUT2D eigenvalue weighted by atomic mass is 10.2. The van der Waals surface area contributed by atoms with Crippen LogP contribution in [0.1, 0.15) is 12.1 Å². The third kappa shape index (κ3) is 1.75. The molecule has 0 radical (unpaired) electrons. The van der Waals surface area contributed by atoms with Gasteiger partial charge < -0.3 is 10.8 Å². The summed E-state index contributed by atoms with van der Waals surface area (Å²) in [6, 6.07) is 0. The van der Waals surface area contributed by atoms with Crippen molar-refractivity contribution in [3.05, 3.63) is 11.9 Å². The molecule has 0 spiro atoms. The number of aromatic nitrogens is 2. The van der Waals surface area contributed by atoms with E-state index >= 15 is 0 Å². The highest BCUT2D eigenvalue weighted by Crippen LogP contribution is 2.11. The third-order valence-corrected chi connectivity index (χ3v) is 1.67. The minimum absolute atomic E-state index is 0.0870. The highest BCUT2D eigenvalue weighted by atomic mass is 16.4. The average Bonchev–Trinajstić information content (AvgIpc) is 2.28. The quantitative estimate of drug-likeness (QED) is 0.668. The molecule has 0 atom stereocenters. The van der Waals surface area contributed by atoms with Gasteiger partial charge in [-0.2, -0.15) is 5.10 Å². The molecule has 0 amide bonds. The van der Waals surface area contributed by atoms with Gasteiger partial charge in [0.05, 0.1) is 24.0 Å². The number of rotatable bonds is 3. The summed E-state index contributed by atoms with van der Waals surface area (Å²) in [7, 11) is 1.74. The van der Waals surface area contributed by atoms with Crippen LogP contribution in [0.15, 0.2) is 6.20 Å². The summed E-state index contributed by atoms with van der Waals surface area (Å²) in [5.41, 5.74) is 6.88. The number of nitrogens with zero attached hydrogens (tertiary/aromatic N) is 2. The molecule has 12 heavy (non-hydrogen) atoms. The SMILES string of the molecule is Cn1ncc(N)c1CCC(=O)O. The zero-order valence-corrected chi connectivity index (χ0v) is 6.82. The summed E-state index contributed by atoms with van der Waals surface area (Å²) in [6.07, 6.45) is 2.04. The molecule has 1 heterocycles. The van der Waals surface area contributed by atoms with Crippen LogP contribution in [0.2, 0.25) is 0 Å². The fraction of sp³-hybridized carbons (Fsp3) is 0.429. The standard InChI is InChI=1S/C7H11N3O2/c1-10-6(2-3-7(11)12)5(8)4-9-10/h4H,2-3,8H2,1H3,(H,11,12). The van der Waals surface area contributed by atoms with E-state index in [4.69, 9.17) is 10.8 Å². The van der Waals surface area contributed by atoms with E-state index in [1.54, 1.807) is 11.7 Å². The zero-order chi connectivity index (χ0) is 9.14. The number of anilines is 1. The molecule has 5 heteroatoms. The van der Waals surface area contributed by atoms with Crippen molar-refractivity contribution in [2.75, 3.05) is 5.73 Å². The monoisotopic (exact) mass is 169 g/mol. The van der Waals surface area contributed by atoms with Crippen molar-refractivity contribution < 1.29 is 9.90 Å². The molecular formula is C7H11N3O2. The average molecular weight is 169 g/mol. The molecule has 0 fully saturated rings. The molecule has 1 aromatic rings. The maximum Gasteiger partial charge on any atom is 0.303 e. The number of hydrogen-bond acceptors (Lipinski definition) is 3. The molecular weight excluding hydrogens is 158 g/mol. The summed E-state index contributed by atoms with van der Waals surface area (Å²) in [5, 5.41) is 12.3. The van der Waals surface area contributed by atoms with Crippen molar-refractivity contribution in [3.63, 3.8) is 0 Å². The van der Waals surface area contributed by atoms with Gasteiger partial charge in [0, 0.05) is 13.5 Å². The van der Waals surface area contributed by atoms with Gasteiger partial charge in [-0.15, -0.1) is 0 Å². The van der Waals surface area contributed by atoms with Crippen LogP contribution >= 0.6 is 0 Å². The number of nitrogen functional groups attached to an aromatic ring is 1. The predicted molar refractivity (Wildman–Crippen MR) is 43.6 cm³/mol. The van der Waals surface area contributed by atoms with E-state index in [2.05, 4.69) is 5.10 Å². The van der Waals surface area contributed by atoms with Crippen molar-refractivity contribution in [3.8, 4) is 0 Å². The molecule has 1 rings (SSSR count). The summed E-state index contributed by atoms with van der Waals surface area (Å²) < 4.78 is 1.60. The fourth-order valence-electron chi connectivity index (χ4n) is 1.01. The van der Waals surface area contributed by atoms with Crippen LogP contribution in [-0.2, 0) is 18.3 Å². The smallest absolute Gasteiger partial charge is 0.303 e. The maximum atomic E-state index is 10.2. The number of nitrogens with two attached hydrogens (primary N) is 1. The Kier molecular flexibility index (Phi) is 2.32. The van der Waals surface area contributed by atoms with Gasteiger partial charge in [0.25, 0.3) is 0 Å². The van der Waals surface area contributed by atoms with Crippen molar-refractivity contribution in [1.82, 2.24) is 9.78 Å². The summed E-state index contributed by atoms with van der Waals surface area (Å²) in [4.78, 5) is 10.2. The van der Waals surface area contributed by atoms with E-state index < -0.39 is 5.97 Å². The van der Waals surface area contributed by atoms with Gasteiger partial charge in [0.15, 0.2) is 0 Å². The molecule has 0 saturated carbocycles. The Morgan fingerprint density at radius 1 is 1.83 bits per heavy atom. The zero-order valence-electron chi connectivity index (χ0n) is 6.82. The Bertz CT molecular complexity index is 273. The molecule has 0 bridgehead atoms. The van der Waals surface area contributed by atoms with Crippen LogP contribution in [0.3, 0.4) is 0 Å². The number of carboxylic acid groups (broad SMARTS) is 1. The Morgan fingerprint density at radius 2 is 2.50 bits per heavy atom. The summed E-state index contributed by atoms with van der Waals surface area (Å²) in [6.45, 7) is 0. The molecule has 0 aliphatic rings. The highest BCUT2D eigenvalue weighted by molar-refractivity contribution is 5.67. The molecule has 0 aromatic carbocycles. The van der Waals surface area contributed by atoms with Gasteiger partial charge >= 0.3 is 5.97 Å². The topological polar surface area (TPSA) is 81.1 Å². The molecule has 0 aliphatic carbocycles. The maximum absolute atomic E-state index is 10.2. The van der Waals surface area contributed by atoms with Gasteiger partial charge in [0.2, 0.25) is 0 Å². The Morgan fingerprint density at radius 3 is 2.92 bits per heavy atom. The van der Waals surface area contributed by atoms with Crippen molar-refractivity contribution >= 4 is 11.7 Å². The normalized spacial score (nSPS) is 10.1. The minimum atomic E-state index is -0.824. The van der Waals surface area contributed by atoms with Crippen molar-refractivity contribution in [2.24, 2.45) is 7.05 Å². The fourth-order valence-corrected chi connectivity index (χ4v) is 1.01. The van der Waals surface area contributed by atoms with E-state index in [1.165, 1.54) is 6.20 Å². The van der Waals surface area contributed by atoms with Crippen molar-refractivity contribution in [2.45, 2.75) is 12.8 Å². The number of carbonyl (C=O) groups is 1. The van der Waals surface area contributed by atoms with Gasteiger partial charge in [-0.3, -0.25) is 9.48 Å². The third-order valence-electron chi connectivity index (χ3n) is 1.67. The molecule has 66 valence electrons. The van der Waals surface area contributed by atoms with Gasteiger partial charge in [-0.05, 0) is 0 Å². The number of aliphatic carboxylic acids is 1. The van der Waals surface area contributed by atoms with Crippen LogP contribution in [0.4, 0.5) is 5.69 Å². The molecule has 5 nitrogen and oxygen atoms in total. The number of carboxylic acids is 1. The van der Waals surface area contributed by atoms with Crippen molar-refractivity contribution in [1.29, 1.82) is 0 Å². The molecule has 0 unspecified atom stereocenters. The second kappa shape index (κ2) is 3.25. The van der Waals surface area contributed by atoms with Crippen LogP contribution in [0.25, 0.3) is 0 Å². The van der Waals surface area contributed by atoms with E-state index in [9.17, 15) is 4.79 Å². The number of aryl methyl sites for hydroxylation is 1. The van der Waals surface area contributed by atoms with Crippen LogP contribution < -0.4 is 5.73 Å². The van der Waals surface area contributed by atoms with E-state index in [0.29, 0.717) is 12.1 Å². The largest absolute Gasteiger partial charge is 0.481 e. The lowest BCUT2D eigenvalue weighted by molar-refractivity contribution is -0.136. The second-order valence-corrected chi connectivity index (χ2v) is 2.56. The predicted octanol–water partition coefficient (Wildman–Crippen LogP) is 0.0195. The lowest BCUT2D eigenvalue weighted by Gasteiger charge is -1.99. The summed E-state index contributed by atoms with van der Waals surface area (Å²) in [5.74, 6) is -0.824. The molecule has 0 aliphatic heterocycles. The van der Waals surface area contributed by atoms with Gasteiger partial charge in [-0.1, -0.05) is 0 Å². The van der Waals surface area contributed by atoms with Gasteiger partial charge in [-0.25, -0.2) is 0 Å². The Labute approximate surface area is 69.8 Å². The first-order valence-corrected chi connectivity index (χ1v) is 3.59. The Balaban J connectivity index is 2.68. The first-order valence-electron chi connectivity index (χ1n) is 3.59. The van der Waals surface area contributed by atoms with Gasteiger partial charge in [0.1, 0.15) is 0 Å². The van der Waals surface area contributed by atoms with E-state index in [1.807, 2.05) is 0 Å². The van der Waals surface area contributed by atoms with Crippen LogP contribution in [0, 0.1) is 0 Å². The van der Waals surface area contributed by atoms with Crippen LogP contribution in [-0.4, -0.2) is 20.9 Å². The molecule has 0 saturated heterocycles. The highest BCUT2D eigenvalue weighted by Gasteiger charge is 2.06. The molecule has 3 N–H and O–H groups in total. The van der Waals surface area contributed by atoms with E-state index in [-0.39, 0.29) is 6.42 Å². The Hall–Kier alpha value is -1.52.